The average molecular weight is 473 g/mol. The van der Waals surface area contributed by atoms with Gasteiger partial charge in [0.1, 0.15) is 10.7 Å². The first-order valence-electron chi connectivity index (χ1n) is 10.7. The Kier molecular flexibility index (Phi) is 6.31. The highest BCUT2D eigenvalue weighted by Crippen LogP contribution is 2.26. The lowest BCUT2D eigenvalue weighted by Crippen LogP contribution is -2.49. The third-order valence-electron chi connectivity index (χ3n) is 5.72. The maximum Gasteiger partial charge on any atom is 0.360 e. The molecule has 10 heteroatoms. The second kappa shape index (κ2) is 9.03. The van der Waals surface area contributed by atoms with E-state index >= 15 is 0 Å². The van der Waals surface area contributed by atoms with Crippen LogP contribution in [-0.2, 0) is 14.8 Å². The fourth-order valence-electron chi connectivity index (χ4n) is 3.79. The van der Waals surface area contributed by atoms with E-state index in [0.29, 0.717) is 16.9 Å². The summed E-state index contributed by atoms with van der Waals surface area (Å²) in [5, 5.41) is 0. The number of halogens is 1. The van der Waals surface area contributed by atoms with Crippen molar-refractivity contribution in [2.45, 2.75) is 25.7 Å². The van der Waals surface area contributed by atoms with Crippen molar-refractivity contribution in [2.75, 3.05) is 37.7 Å². The number of carbonyl (C=O) groups excluding carboxylic acids is 1. The number of hydrogen-bond acceptors (Lipinski definition) is 7. The minimum Gasteiger partial charge on any atom is -0.461 e. The number of hydrogen-bond donors (Lipinski definition) is 0. The SMILES string of the molecule is CCOC(=O)c1nc2cc(C)c(C)cc2nc1N1CCN(S(=O)(=O)c2ccccc2F)CC1. The molecule has 3 aromatic rings. The fraction of sp³-hybridized carbons (Fsp3) is 0.348. The van der Waals surface area contributed by atoms with Gasteiger partial charge < -0.3 is 9.64 Å². The van der Waals surface area contributed by atoms with Gasteiger partial charge in [0.15, 0.2) is 11.5 Å². The van der Waals surface area contributed by atoms with Gasteiger partial charge >= 0.3 is 5.97 Å². The first kappa shape index (κ1) is 23.1. The van der Waals surface area contributed by atoms with Gasteiger partial charge in [0.05, 0.1) is 17.6 Å². The van der Waals surface area contributed by atoms with Gasteiger partial charge in [0.2, 0.25) is 10.0 Å². The number of ether oxygens (including phenoxy) is 1. The standard InChI is InChI=1S/C23H25FN4O4S/c1-4-32-23(29)21-22(26-19-14-16(3)15(2)13-18(19)25-21)27-9-11-28(12-10-27)33(30,31)20-8-6-5-7-17(20)24/h5-8,13-14H,4,9-12H2,1-3H3. The summed E-state index contributed by atoms with van der Waals surface area (Å²) in [6, 6.07) is 9.12. The molecule has 1 saturated heterocycles. The summed E-state index contributed by atoms with van der Waals surface area (Å²) in [5.74, 6) is -1.01. The minimum atomic E-state index is -3.97. The number of benzene rings is 2. The van der Waals surface area contributed by atoms with E-state index in [-0.39, 0.29) is 43.4 Å². The first-order chi connectivity index (χ1) is 15.7. The molecule has 0 saturated carbocycles. The summed E-state index contributed by atoms with van der Waals surface area (Å²) >= 11 is 0. The van der Waals surface area contributed by atoms with Crippen LogP contribution in [0.25, 0.3) is 11.0 Å². The molecule has 33 heavy (non-hydrogen) atoms. The van der Waals surface area contributed by atoms with E-state index in [1.54, 1.807) is 6.92 Å². The molecule has 0 unspecified atom stereocenters. The highest BCUT2D eigenvalue weighted by Gasteiger charge is 2.32. The zero-order valence-corrected chi connectivity index (χ0v) is 19.5. The molecule has 1 aliphatic rings. The van der Waals surface area contributed by atoms with Crippen molar-refractivity contribution in [1.29, 1.82) is 0 Å². The van der Waals surface area contributed by atoms with Gasteiger partial charge in [-0.15, -0.1) is 0 Å². The number of piperazine rings is 1. The highest BCUT2D eigenvalue weighted by molar-refractivity contribution is 7.89. The monoisotopic (exact) mass is 472 g/mol. The van der Waals surface area contributed by atoms with Crippen LogP contribution in [0.1, 0.15) is 28.5 Å². The van der Waals surface area contributed by atoms with Crippen LogP contribution >= 0.6 is 0 Å². The van der Waals surface area contributed by atoms with Crippen LogP contribution in [0.4, 0.5) is 10.2 Å². The quantitative estimate of drug-likeness (QED) is 0.527. The molecule has 0 aliphatic carbocycles. The van der Waals surface area contributed by atoms with Gasteiger partial charge in [0.25, 0.3) is 0 Å². The van der Waals surface area contributed by atoms with Gasteiger partial charge in [-0.25, -0.2) is 27.6 Å². The molecule has 2 aromatic carbocycles. The average Bonchev–Trinajstić information content (AvgIpc) is 2.79. The minimum absolute atomic E-state index is 0.0954. The number of fused-ring (bicyclic) bond motifs is 1. The van der Waals surface area contributed by atoms with Crippen LogP contribution < -0.4 is 4.90 Å². The van der Waals surface area contributed by atoms with Crippen molar-refractivity contribution in [3.63, 3.8) is 0 Å². The van der Waals surface area contributed by atoms with Crippen LogP contribution in [-0.4, -0.2) is 61.4 Å². The van der Waals surface area contributed by atoms with Crippen molar-refractivity contribution < 1.29 is 22.3 Å². The lowest BCUT2D eigenvalue weighted by Gasteiger charge is -2.35. The number of rotatable bonds is 5. The number of nitrogens with zero attached hydrogens (tertiary/aromatic N) is 4. The smallest absolute Gasteiger partial charge is 0.360 e. The molecule has 0 atom stereocenters. The summed E-state index contributed by atoms with van der Waals surface area (Å²) in [7, 11) is -3.97. The van der Waals surface area contributed by atoms with Crippen molar-refractivity contribution in [3.05, 3.63) is 59.0 Å². The molecule has 0 radical (unpaired) electrons. The topological polar surface area (TPSA) is 92.7 Å². The van der Waals surface area contributed by atoms with E-state index in [0.717, 1.165) is 17.2 Å². The molecule has 0 N–H and O–H groups in total. The van der Waals surface area contributed by atoms with Crippen LogP contribution in [0.15, 0.2) is 41.3 Å². The Morgan fingerprint density at radius 3 is 2.24 bits per heavy atom. The third-order valence-corrected chi connectivity index (χ3v) is 7.65. The maximum absolute atomic E-state index is 14.1. The Morgan fingerprint density at radius 2 is 1.64 bits per heavy atom. The van der Waals surface area contributed by atoms with Gasteiger partial charge in [0, 0.05) is 26.2 Å². The largest absolute Gasteiger partial charge is 0.461 e. The summed E-state index contributed by atoms with van der Waals surface area (Å²) in [4.78, 5) is 23.4. The number of aryl methyl sites for hydroxylation is 2. The molecule has 2 heterocycles. The summed E-state index contributed by atoms with van der Waals surface area (Å²) in [6.45, 7) is 6.62. The molecule has 0 spiro atoms. The Labute approximate surface area is 192 Å². The highest BCUT2D eigenvalue weighted by atomic mass is 32.2. The Bertz CT molecular complexity index is 1320. The predicted octanol–water partition coefficient (Wildman–Crippen LogP) is 3.07. The van der Waals surface area contributed by atoms with Gasteiger partial charge in [-0.2, -0.15) is 4.31 Å². The number of carbonyl (C=O) groups is 1. The van der Waals surface area contributed by atoms with Crippen LogP contribution in [0, 0.1) is 19.7 Å². The second-order valence-electron chi connectivity index (χ2n) is 7.86. The van der Waals surface area contributed by atoms with Crippen molar-refractivity contribution in [3.8, 4) is 0 Å². The van der Waals surface area contributed by atoms with Gasteiger partial charge in [-0.05, 0) is 56.2 Å². The van der Waals surface area contributed by atoms with E-state index in [1.165, 1.54) is 22.5 Å². The molecular formula is C23H25FN4O4S. The molecule has 8 nitrogen and oxygen atoms in total. The van der Waals surface area contributed by atoms with E-state index in [1.807, 2.05) is 30.9 Å². The molecule has 1 aromatic heterocycles. The third kappa shape index (κ3) is 4.40. The van der Waals surface area contributed by atoms with Gasteiger partial charge in [-0.3, -0.25) is 0 Å². The summed E-state index contributed by atoms with van der Waals surface area (Å²) in [5.41, 5.74) is 3.41. The second-order valence-corrected chi connectivity index (χ2v) is 9.77. The zero-order valence-electron chi connectivity index (χ0n) is 18.7. The molecule has 0 bridgehead atoms. The van der Waals surface area contributed by atoms with Crippen molar-refractivity contribution in [2.24, 2.45) is 0 Å². The van der Waals surface area contributed by atoms with Crippen molar-refractivity contribution >= 4 is 32.8 Å². The Balaban J connectivity index is 1.66. The number of esters is 1. The summed E-state index contributed by atoms with van der Waals surface area (Å²) in [6.07, 6.45) is 0. The molecule has 1 aliphatic heterocycles. The lowest BCUT2D eigenvalue weighted by atomic mass is 10.1. The van der Waals surface area contributed by atoms with E-state index < -0.39 is 21.8 Å². The molecule has 174 valence electrons. The molecule has 4 rings (SSSR count). The lowest BCUT2D eigenvalue weighted by molar-refractivity contribution is 0.0520. The normalized spacial score (nSPS) is 15.1. The van der Waals surface area contributed by atoms with Gasteiger partial charge in [-0.1, -0.05) is 12.1 Å². The Morgan fingerprint density at radius 1 is 1.03 bits per heavy atom. The van der Waals surface area contributed by atoms with E-state index in [9.17, 15) is 17.6 Å². The van der Waals surface area contributed by atoms with Crippen LogP contribution in [0.2, 0.25) is 0 Å². The van der Waals surface area contributed by atoms with Crippen molar-refractivity contribution in [1.82, 2.24) is 14.3 Å². The molecule has 1 fully saturated rings. The van der Waals surface area contributed by atoms with Crippen LogP contribution in [0.5, 0.6) is 0 Å². The van der Waals surface area contributed by atoms with E-state index in [4.69, 9.17) is 9.72 Å². The van der Waals surface area contributed by atoms with E-state index in [2.05, 4.69) is 4.98 Å². The first-order valence-corrected chi connectivity index (χ1v) is 12.1. The Hall–Kier alpha value is -3.11. The number of aromatic nitrogens is 2. The predicted molar refractivity (Wildman–Crippen MR) is 122 cm³/mol. The maximum atomic E-state index is 14.1. The molecular weight excluding hydrogens is 447 g/mol. The van der Waals surface area contributed by atoms with Crippen LogP contribution in [0.3, 0.4) is 0 Å². The summed E-state index contributed by atoms with van der Waals surface area (Å²) < 4.78 is 46.4. The fourth-order valence-corrected chi connectivity index (χ4v) is 5.28. The number of sulfonamides is 1. The number of anilines is 1. The zero-order chi connectivity index (χ0) is 23.8. The molecule has 0 amide bonds.